The molecule has 0 bridgehead atoms. The SMILES string of the molecule is CCOC1(C(NC)c2c(C)cc(C)cc2F)CCCCC1. The lowest BCUT2D eigenvalue weighted by atomic mass is 9.75. The van der Waals surface area contributed by atoms with Crippen LogP contribution in [-0.2, 0) is 4.74 Å². The quantitative estimate of drug-likeness (QED) is 0.866. The maximum absolute atomic E-state index is 14.6. The monoisotopic (exact) mass is 293 g/mol. The Morgan fingerprint density at radius 3 is 2.43 bits per heavy atom. The number of benzene rings is 1. The van der Waals surface area contributed by atoms with Crippen molar-refractivity contribution in [3.05, 3.63) is 34.6 Å². The van der Waals surface area contributed by atoms with E-state index < -0.39 is 0 Å². The zero-order chi connectivity index (χ0) is 15.5. The highest BCUT2D eigenvalue weighted by Crippen LogP contribution is 2.43. The third-order valence-electron chi connectivity index (χ3n) is 4.72. The van der Waals surface area contributed by atoms with E-state index in [0.717, 1.165) is 42.4 Å². The largest absolute Gasteiger partial charge is 0.373 e. The van der Waals surface area contributed by atoms with Gasteiger partial charge in [-0.2, -0.15) is 0 Å². The van der Waals surface area contributed by atoms with Crippen molar-refractivity contribution in [3.63, 3.8) is 0 Å². The molecular weight excluding hydrogens is 265 g/mol. The molecule has 1 aromatic carbocycles. The van der Waals surface area contributed by atoms with E-state index >= 15 is 0 Å². The first-order valence-electron chi connectivity index (χ1n) is 8.12. The molecule has 0 spiro atoms. The van der Waals surface area contributed by atoms with Crippen molar-refractivity contribution >= 4 is 0 Å². The summed E-state index contributed by atoms with van der Waals surface area (Å²) in [6.07, 6.45) is 5.56. The average molecular weight is 293 g/mol. The predicted molar refractivity (Wildman–Crippen MR) is 85.1 cm³/mol. The van der Waals surface area contributed by atoms with Gasteiger partial charge in [-0.05, 0) is 57.9 Å². The molecule has 1 unspecified atom stereocenters. The number of hydrogen-bond donors (Lipinski definition) is 1. The number of hydrogen-bond acceptors (Lipinski definition) is 2. The maximum Gasteiger partial charge on any atom is 0.128 e. The van der Waals surface area contributed by atoms with Crippen LogP contribution in [0, 0.1) is 19.7 Å². The Balaban J connectivity index is 2.46. The number of halogens is 1. The summed E-state index contributed by atoms with van der Waals surface area (Å²) >= 11 is 0. The number of ether oxygens (including phenoxy) is 1. The summed E-state index contributed by atoms with van der Waals surface area (Å²) in [4.78, 5) is 0. The normalized spacial score (nSPS) is 19.5. The molecule has 2 rings (SSSR count). The smallest absolute Gasteiger partial charge is 0.128 e. The zero-order valence-electron chi connectivity index (χ0n) is 13.8. The Kier molecular flexibility index (Phi) is 5.39. The zero-order valence-corrected chi connectivity index (χ0v) is 13.8. The lowest BCUT2D eigenvalue weighted by Gasteiger charge is -2.44. The van der Waals surface area contributed by atoms with Crippen LogP contribution in [0.5, 0.6) is 0 Å². The molecule has 118 valence electrons. The van der Waals surface area contributed by atoms with Gasteiger partial charge in [0.25, 0.3) is 0 Å². The van der Waals surface area contributed by atoms with Crippen molar-refractivity contribution in [1.82, 2.24) is 5.32 Å². The van der Waals surface area contributed by atoms with Gasteiger partial charge < -0.3 is 10.1 Å². The molecular formula is C18H28FNO. The molecule has 3 heteroatoms. The molecule has 0 amide bonds. The van der Waals surface area contributed by atoms with Crippen LogP contribution in [0.2, 0.25) is 0 Å². The molecule has 1 atom stereocenters. The minimum absolute atomic E-state index is 0.0849. The summed E-state index contributed by atoms with van der Waals surface area (Å²) in [5.74, 6) is -0.114. The highest BCUT2D eigenvalue weighted by atomic mass is 19.1. The van der Waals surface area contributed by atoms with Crippen LogP contribution >= 0.6 is 0 Å². The number of rotatable bonds is 5. The van der Waals surface area contributed by atoms with Gasteiger partial charge in [0, 0.05) is 12.2 Å². The Morgan fingerprint density at radius 1 is 1.24 bits per heavy atom. The van der Waals surface area contributed by atoms with Crippen molar-refractivity contribution in [1.29, 1.82) is 0 Å². The minimum atomic E-state index is -0.275. The molecule has 0 aromatic heterocycles. The van der Waals surface area contributed by atoms with E-state index in [2.05, 4.69) is 11.4 Å². The molecule has 1 fully saturated rings. The second-order valence-electron chi connectivity index (χ2n) is 6.26. The third-order valence-corrected chi connectivity index (χ3v) is 4.72. The van der Waals surface area contributed by atoms with Gasteiger partial charge in [0.05, 0.1) is 11.6 Å². The molecule has 1 aromatic rings. The minimum Gasteiger partial charge on any atom is -0.373 e. The highest BCUT2D eigenvalue weighted by Gasteiger charge is 2.42. The lowest BCUT2D eigenvalue weighted by Crippen LogP contribution is -2.47. The molecule has 0 radical (unpaired) electrons. The van der Waals surface area contributed by atoms with Crippen LogP contribution in [0.15, 0.2) is 12.1 Å². The van der Waals surface area contributed by atoms with Crippen molar-refractivity contribution in [3.8, 4) is 0 Å². The number of likely N-dealkylation sites (N-methyl/N-ethyl adjacent to an activating group) is 1. The predicted octanol–water partition coefficient (Wildman–Crippen LogP) is 4.44. The summed E-state index contributed by atoms with van der Waals surface area (Å²) in [6, 6.07) is 3.61. The molecule has 1 saturated carbocycles. The van der Waals surface area contributed by atoms with Crippen molar-refractivity contribution < 1.29 is 9.13 Å². The first-order chi connectivity index (χ1) is 10.0. The van der Waals surface area contributed by atoms with Crippen LogP contribution in [0.25, 0.3) is 0 Å². The summed E-state index contributed by atoms with van der Waals surface area (Å²) in [5.41, 5.74) is 2.48. The first-order valence-corrected chi connectivity index (χ1v) is 8.12. The van der Waals surface area contributed by atoms with Crippen LogP contribution in [0.4, 0.5) is 4.39 Å². The van der Waals surface area contributed by atoms with E-state index in [9.17, 15) is 4.39 Å². The molecule has 2 nitrogen and oxygen atoms in total. The van der Waals surface area contributed by atoms with Gasteiger partial charge in [0.2, 0.25) is 0 Å². The second kappa shape index (κ2) is 6.89. The van der Waals surface area contributed by atoms with E-state index in [0.29, 0.717) is 6.61 Å². The molecule has 1 N–H and O–H groups in total. The fraction of sp³-hybridized carbons (Fsp3) is 0.667. The third kappa shape index (κ3) is 3.29. The van der Waals surface area contributed by atoms with Crippen molar-refractivity contribution in [2.45, 2.75) is 64.5 Å². The van der Waals surface area contributed by atoms with Crippen LogP contribution in [0.3, 0.4) is 0 Å². The summed E-state index contributed by atoms with van der Waals surface area (Å²) in [7, 11) is 1.92. The fourth-order valence-corrected chi connectivity index (χ4v) is 3.92. The topological polar surface area (TPSA) is 21.3 Å². The van der Waals surface area contributed by atoms with E-state index in [4.69, 9.17) is 4.74 Å². The van der Waals surface area contributed by atoms with Gasteiger partial charge in [-0.25, -0.2) is 4.39 Å². The Morgan fingerprint density at radius 2 is 1.90 bits per heavy atom. The Bertz CT molecular complexity index is 452. The molecule has 1 aliphatic rings. The summed E-state index contributed by atoms with van der Waals surface area (Å²) in [5, 5.41) is 3.35. The lowest BCUT2D eigenvalue weighted by molar-refractivity contribution is -0.0906. The second-order valence-corrected chi connectivity index (χ2v) is 6.26. The van der Waals surface area contributed by atoms with E-state index in [-0.39, 0.29) is 17.5 Å². The van der Waals surface area contributed by atoms with Crippen LogP contribution in [-0.4, -0.2) is 19.3 Å². The average Bonchev–Trinajstić information content (AvgIpc) is 2.43. The van der Waals surface area contributed by atoms with Crippen molar-refractivity contribution in [2.75, 3.05) is 13.7 Å². The number of aryl methyl sites for hydroxylation is 2. The summed E-state index contributed by atoms with van der Waals surface area (Å²) in [6.45, 7) is 6.64. The van der Waals surface area contributed by atoms with E-state index in [1.165, 1.54) is 6.42 Å². The Labute approximate surface area is 128 Å². The van der Waals surface area contributed by atoms with Crippen LogP contribution in [0.1, 0.15) is 61.8 Å². The van der Waals surface area contributed by atoms with E-state index in [1.54, 1.807) is 6.07 Å². The first kappa shape index (κ1) is 16.4. The number of nitrogens with one attached hydrogen (secondary N) is 1. The molecule has 0 heterocycles. The van der Waals surface area contributed by atoms with Gasteiger partial charge in [0.1, 0.15) is 5.82 Å². The fourth-order valence-electron chi connectivity index (χ4n) is 3.92. The van der Waals surface area contributed by atoms with Crippen molar-refractivity contribution in [2.24, 2.45) is 0 Å². The van der Waals surface area contributed by atoms with E-state index in [1.807, 2.05) is 27.8 Å². The standard InChI is InChI=1S/C18H28FNO/c1-5-21-18(9-7-6-8-10-18)17(20-4)16-14(3)11-13(2)12-15(16)19/h11-12,17,20H,5-10H2,1-4H3. The van der Waals surface area contributed by atoms with Gasteiger partial charge >= 0.3 is 0 Å². The Hall–Kier alpha value is -0.930. The highest BCUT2D eigenvalue weighted by molar-refractivity contribution is 5.36. The van der Waals surface area contributed by atoms with Gasteiger partial charge in [-0.1, -0.05) is 25.3 Å². The maximum atomic E-state index is 14.6. The molecule has 1 aliphatic carbocycles. The van der Waals surface area contributed by atoms with Gasteiger partial charge in [-0.3, -0.25) is 0 Å². The van der Waals surface area contributed by atoms with Gasteiger partial charge in [-0.15, -0.1) is 0 Å². The molecule has 21 heavy (non-hydrogen) atoms. The van der Waals surface area contributed by atoms with Crippen LogP contribution < -0.4 is 5.32 Å². The molecule has 0 aliphatic heterocycles. The van der Waals surface area contributed by atoms with Gasteiger partial charge in [0.15, 0.2) is 0 Å². The molecule has 0 saturated heterocycles. The summed E-state index contributed by atoms with van der Waals surface area (Å²) < 4.78 is 20.8.